The predicted octanol–water partition coefficient (Wildman–Crippen LogP) is -2.08. The van der Waals surface area contributed by atoms with Crippen LogP contribution in [0.1, 0.15) is 89.8 Å². The van der Waals surface area contributed by atoms with E-state index in [2.05, 4.69) is 49.5 Å². The Hall–Kier alpha value is -6.31. The lowest BCUT2D eigenvalue weighted by Crippen LogP contribution is -2.67. The molecule has 2 aromatic rings. The van der Waals surface area contributed by atoms with E-state index in [-0.39, 0.29) is 50.5 Å². The summed E-state index contributed by atoms with van der Waals surface area (Å²) < 4.78 is 6.11. The van der Waals surface area contributed by atoms with Crippen LogP contribution < -0.4 is 42.4 Å². The highest BCUT2D eigenvalue weighted by atomic mass is 32.1. The van der Waals surface area contributed by atoms with Crippen LogP contribution in [0.3, 0.4) is 0 Å². The summed E-state index contributed by atoms with van der Waals surface area (Å²) in [6.45, 7) is 3.79. The second kappa shape index (κ2) is 25.1. The van der Waals surface area contributed by atoms with Crippen LogP contribution >= 0.6 is 12.6 Å². The van der Waals surface area contributed by atoms with Crippen molar-refractivity contribution in [2.45, 2.75) is 139 Å². The molecule has 0 saturated carbocycles. The van der Waals surface area contributed by atoms with Gasteiger partial charge in [-0.3, -0.25) is 53.4 Å². The smallest absolute Gasteiger partial charge is 0.322 e. The summed E-state index contributed by atoms with van der Waals surface area (Å²) in [7, 11) is 0. The molecule has 4 aliphatic rings. The van der Waals surface area contributed by atoms with Crippen LogP contribution in [0, 0.1) is 17.8 Å². The molecule has 1 aromatic heterocycles. The summed E-state index contributed by atoms with van der Waals surface area (Å²) in [6.07, 6.45) is -1.05. The van der Waals surface area contributed by atoms with Crippen molar-refractivity contribution in [1.29, 1.82) is 0 Å². The number of unbranched alkanes of at least 4 members (excludes halogenated alkanes) is 3. The summed E-state index contributed by atoms with van der Waals surface area (Å²) >= 11 is 4.17. The number of likely N-dealkylation sites (tertiary alicyclic amines) is 1. The standard InChI is InChI=1S/C48H68N10O14S/c1-4-23(2)41-45(68)50-20-39(63)52-30-12-11-29-28(26-10-9-25(15-31(26)51-29)72-14-8-6-5-7-13-57-40(64)19-37(73)47(57)70)16-32(44(67)56-48(71)55-41)53-42(65)27(24(3)36(61)22-59)17-34-35(60)21-58(34)46(69)33(18-38(49)62)54-43(30)66/h9-10,15,23-24,27,30,32-37,41,51,59-61,73H,4-8,11-14,16-22H2,1-3H3,(H2,49,62)(H,50,68)(H,52,63)(H,53,65)(H,54,66)(H2,55,56,67,71). The van der Waals surface area contributed by atoms with Gasteiger partial charge in [-0.05, 0) is 61.6 Å². The maximum atomic E-state index is 14.7. The molecule has 0 radical (unpaired) electrons. The number of hydrogen-bond donors (Lipinski definition) is 12. The van der Waals surface area contributed by atoms with Gasteiger partial charge in [-0.2, -0.15) is 12.6 Å². The molecular formula is C48H68N10O14S. The molecule has 2 saturated heterocycles. The lowest BCUT2D eigenvalue weighted by molar-refractivity contribution is -0.158. The van der Waals surface area contributed by atoms with E-state index in [0.717, 1.165) is 17.7 Å². The van der Waals surface area contributed by atoms with Crippen LogP contribution in [0.4, 0.5) is 4.79 Å². The highest BCUT2D eigenvalue weighted by Crippen LogP contribution is 2.33. The van der Waals surface area contributed by atoms with Crippen molar-refractivity contribution in [1.82, 2.24) is 46.7 Å². The van der Waals surface area contributed by atoms with Crippen molar-refractivity contribution in [3.8, 4) is 5.75 Å². The average molecular weight is 1040 g/mol. The maximum absolute atomic E-state index is 14.7. The molecule has 6 rings (SSSR count). The van der Waals surface area contributed by atoms with Gasteiger partial charge in [-0.15, -0.1) is 0 Å². The van der Waals surface area contributed by atoms with Crippen molar-refractivity contribution >= 4 is 82.7 Å². The number of aromatic nitrogens is 1. The zero-order valence-electron chi connectivity index (χ0n) is 41.1. The first-order chi connectivity index (χ1) is 34.7. The lowest BCUT2D eigenvalue weighted by Gasteiger charge is -2.48. The van der Waals surface area contributed by atoms with Crippen LogP contribution in [-0.4, -0.2) is 170 Å². The van der Waals surface area contributed by atoms with Crippen LogP contribution in [-0.2, 0) is 56.0 Å². The van der Waals surface area contributed by atoms with Gasteiger partial charge in [0, 0.05) is 54.5 Å². The second-order valence-electron chi connectivity index (χ2n) is 19.4. The van der Waals surface area contributed by atoms with Crippen molar-refractivity contribution < 1.29 is 68.0 Å². The average Bonchev–Trinajstić information content (AvgIpc) is 3.81. The van der Waals surface area contributed by atoms with E-state index < -0.39 is 132 Å². The zero-order chi connectivity index (χ0) is 53.3. The third kappa shape index (κ3) is 13.9. The fourth-order valence-corrected chi connectivity index (χ4v) is 9.98. The number of hydrogen-bond acceptors (Lipinski definition) is 15. The minimum atomic E-state index is -1.61. The molecule has 0 spiro atoms. The van der Waals surface area contributed by atoms with Gasteiger partial charge in [-0.25, -0.2) is 4.79 Å². The molecule has 11 unspecified atom stereocenters. The normalized spacial score (nSPS) is 27.2. The molecule has 25 heteroatoms. The van der Waals surface area contributed by atoms with E-state index in [1.54, 1.807) is 32.0 Å². The Labute approximate surface area is 426 Å². The number of aryl methyl sites for hydroxylation is 1. The van der Waals surface area contributed by atoms with Gasteiger partial charge in [0.2, 0.25) is 47.3 Å². The minimum absolute atomic E-state index is 0.0375. The lowest BCUT2D eigenvalue weighted by atomic mass is 9.79. The van der Waals surface area contributed by atoms with Gasteiger partial charge in [-0.1, -0.05) is 40.0 Å². The molecule has 12 N–H and O–H groups in total. The fourth-order valence-electron chi connectivity index (χ4n) is 9.69. The van der Waals surface area contributed by atoms with E-state index in [1.807, 2.05) is 0 Å². The Kier molecular flexibility index (Phi) is 19.2. The number of aliphatic hydroxyl groups excluding tert-OH is 3. The quantitative estimate of drug-likeness (QED) is 0.0518. The van der Waals surface area contributed by atoms with Crippen LogP contribution in [0.2, 0.25) is 0 Å². The SMILES string of the molecule is CCC(C)C1NC(=O)NC(=O)C2Cc3c([nH]c4cc(OCCCCCCN5C(=O)CC(S)C5=O)ccc34)CCC(NC(=O)CNC1=O)C(=O)NC(CC(N)=O)C(=O)N1CC(O)C1CC(C(C)C(O)CO)C(=O)N2. The number of nitrogens with zero attached hydrogens (tertiary/aromatic N) is 2. The molecule has 0 aliphatic carbocycles. The van der Waals surface area contributed by atoms with Gasteiger partial charge in [0.1, 0.15) is 29.9 Å². The first-order valence-corrected chi connectivity index (χ1v) is 25.4. The number of aromatic amines is 1. The van der Waals surface area contributed by atoms with Crippen LogP contribution in [0.15, 0.2) is 18.2 Å². The largest absolute Gasteiger partial charge is 0.494 e. The van der Waals surface area contributed by atoms with E-state index in [0.29, 0.717) is 60.3 Å². The number of ether oxygens (including phenoxy) is 1. The van der Waals surface area contributed by atoms with E-state index in [9.17, 15) is 63.3 Å². The molecule has 5 heterocycles. The Morgan fingerprint density at radius 1 is 0.904 bits per heavy atom. The molecule has 2 bridgehead atoms. The first-order valence-electron chi connectivity index (χ1n) is 24.8. The molecular weight excluding hydrogens is 973 g/mol. The third-order valence-corrected chi connectivity index (χ3v) is 14.7. The number of carbonyl (C=O) groups excluding carboxylic acids is 10. The van der Waals surface area contributed by atoms with Gasteiger partial charge in [0.15, 0.2) is 0 Å². The monoisotopic (exact) mass is 1040 g/mol. The number of aliphatic hydroxyl groups is 3. The number of imide groups is 2. The summed E-state index contributed by atoms with van der Waals surface area (Å²) in [5.74, 6) is -9.18. The number of thiol groups is 1. The van der Waals surface area contributed by atoms with E-state index >= 15 is 0 Å². The van der Waals surface area contributed by atoms with Crippen molar-refractivity contribution in [2.24, 2.45) is 23.5 Å². The Morgan fingerprint density at radius 3 is 2.32 bits per heavy atom. The number of nitrogens with one attached hydrogen (secondary N) is 7. The summed E-state index contributed by atoms with van der Waals surface area (Å²) in [6, 6.07) is -2.98. The highest BCUT2D eigenvalue weighted by molar-refractivity contribution is 7.81. The number of primary amides is 1. The topological polar surface area (TPSA) is 361 Å². The molecule has 400 valence electrons. The number of amides is 11. The number of fused-ring (bicyclic) bond motifs is 5. The van der Waals surface area contributed by atoms with Crippen molar-refractivity contribution in [3.05, 3.63) is 29.5 Å². The number of benzene rings is 1. The van der Waals surface area contributed by atoms with E-state index in [1.165, 1.54) is 11.8 Å². The van der Waals surface area contributed by atoms with Crippen LogP contribution in [0.25, 0.3) is 10.9 Å². The predicted molar refractivity (Wildman–Crippen MR) is 263 cm³/mol. The Morgan fingerprint density at radius 2 is 1.64 bits per heavy atom. The summed E-state index contributed by atoms with van der Waals surface area (Å²) in [5.41, 5.74) is 6.94. The third-order valence-electron chi connectivity index (χ3n) is 14.3. The molecule has 73 heavy (non-hydrogen) atoms. The number of H-pyrrole nitrogens is 1. The zero-order valence-corrected chi connectivity index (χ0v) is 42.0. The molecule has 2 fully saturated rings. The number of rotatable bonds is 15. The second-order valence-corrected chi connectivity index (χ2v) is 20.1. The van der Waals surface area contributed by atoms with Crippen LogP contribution in [0.5, 0.6) is 5.75 Å². The number of urea groups is 1. The van der Waals surface area contributed by atoms with Crippen molar-refractivity contribution in [3.63, 3.8) is 0 Å². The maximum Gasteiger partial charge on any atom is 0.322 e. The molecule has 1 aromatic carbocycles. The fraction of sp³-hybridized carbons (Fsp3) is 0.625. The minimum Gasteiger partial charge on any atom is -0.494 e. The Bertz CT molecular complexity index is 2440. The molecule has 4 aliphatic heterocycles. The van der Waals surface area contributed by atoms with Gasteiger partial charge in [0.25, 0.3) is 5.91 Å². The number of nitrogens with two attached hydrogens (primary N) is 1. The van der Waals surface area contributed by atoms with E-state index in [4.69, 9.17) is 10.5 Å². The van der Waals surface area contributed by atoms with Gasteiger partial charge in [0.05, 0.1) is 49.7 Å². The van der Waals surface area contributed by atoms with Gasteiger partial charge < -0.3 is 62.3 Å². The highest BCUT2D eigenvalue weighted by Gasteiger charge is 2.47. The first kappa shape index (κ1) is 56.0. The number of carbonyl (C=O) groups is 10. The summed E-state index contributed by atoms with van der Waals surface area (Å²) in [5, 5.41) is 47.1. The Balaban J connectivity index is 1.39. The molecule has 24 nitrogen and oxygen atoms in total. The molecule has 11 amide bonds. The summed E-state index contributed by atoms with van der Waals surface area (Å²) in [4.78, 5) is 141. The van der Waals surface area contributed by atoms with Crippen molar-refractivity contribution in [2.75, 3.05) is 32.8 Å². The van der Waals surface area contributed by atoms with Gasteiger partial charge >= 0.3 is 6.03 Å². The molecule has 11 atom stereocenters.